The molecule has 0 aliphatic carbocycles. The minimum atomic E-state index is 0.148. The van der Waals surface area contributed by atoms with Gasteiger partial charge in [-0.3, -0.25) is 4.79 Å². The van der Waals surface area contributed by atoms with Crippen LogP contribution in [-0.2, 0) is 4.79 Å². The fraction of sp³-hybridized carbons (Fsp3) is 0.938. The molecule has 0 N–H and O–H groups in total. The molecule has 0 atom stereocenters. The van der Waals surface area contributed by atoms with Crippen molar-refractivity contribution in [2.45, 2.75) is 47.0 Å². The molecule has 2 rings (SSSR count). The number of carbonyl (C=O) groups excluding carboxylic acids is 1. The maximum Gasteiger partial charge on any atom is 0.225 e. The standard InChI is InChI=1S/C16H30N2O/c1-13(2)11-17-8-5-16(12-17)6-9-18(10-7-16)15(19)14(3)4/h13-14H,5-12H2,1-4H3. The first-order chi connectivity index (χ1) is 8.92. The fourth-order valence-corrected chi connectivity index (χ4v) is 3.67. The molecule has 1 amide bonds. The predicted molar refractivity (Wildman–Crippen MR) is 79.0 cm³/mol. The van der Waals surface area contributed by atoms with Gasteiger partial charge in [-0.1, -0.05) is 27.7 Å². The third-order valence-corrected chi connectivity index (χ3v) is 4.77. The topological polar surface area (TPSA) is 23.6 Å². The van der Waals surface area contributed by atoms with E-state index in [1.807, 2.05) is 13.8 Å². The summed E-state index contributed by atoms with van der Waals surface area (Å²) < 4.78 is 0. The fourth-order valence-electron chi connectivity index (χ4n) is 3.67. The Balaban J connectivity index is 1.85. The molecule has 2 heterocycles. The second-order valence-electron chi connectivity index (χ2n) is 7.36. The normalized spacial score (nSPS) is 23.8. The summed E-state index contributed by atoms with van der Waals surface area (Å²) in [6.07, 6.45) is 3.75. The lowest BCUT2D eigenvalue weighted by Gasteiger charge is -2.40. The summed E-state index contributed by atoms with van der Waals surface area (Å²) in [5.41, 5.74) is 0.517. The zero-order valence-electron chi connectivity index (χ0n) is 13.1. The second-order valence-corrected chi connectivity index (χ2v) is 7.36. The van der Waals surface area contributed by atoms with E-state index >= 15 is 0 Å². The van der Waals surface area contributed by atoms with E-state index in [0.29, 0.717) is 11.3 Å². The second kappa shape index (κ2) is 5.82. The van der Waals surface area contributed by atoms with Crippen molar-refractivity contribution in [1.82, 2.24) is 9.80 Å². The Morgan fingerprint density at radius 3 is 2.16 bits per heavy atom. The van der Waals surface area contributed by atoms with Gasteiger partial charge in [0.15, 0.2) is 0 Å². The minimum absolute atomic E-state index is 0.148. The SMILES string of the molecule is CC(C)CN1CCC2(CCN(C(=O)C(C)C)CC2)C1. The van der Waals surface area contributed by atoms with Crippen molar-refractivity contribution < 1.29 is 4.79 Å². The molecule has 1 spiro atoms. The van der Waals surface area contributed by atoms with Crippen LogP contribution < -0.4 is 0 Å². The Kier molecular flexibility index (Phi) is 4.54. The van der Waals surface area contributed by atoms with E-state index in [9.17, 15) is 4.79 Å². The molecule has 0 aromatic heterocycles. The van der Waals surface area contributed by atoms with Crippen LogP contribution in [0.25, 0.3) is 0 Å². The quantitative estimate of drug-likeness (QED) is 0.784. The highest BCUT2D eigenvalue weighted by atomic mass is 16.2. The maximum atomic E-state index is 12.0. The molecule has 110 valence electrons. The van der Waals surface area contributed by atoms with Crippen LogP contribution in [0, 0.1) is 17.3 Å². The Morgan fingerprint density at radius 2 is 1.63 bits per heavy atom. The molecule has 0 aromatic rings. The van der Waals surface area contributed by atoms with Crippen LogP contribution in [0.3, 0.4) is 0 Å². The van der Waals surface area contributed by atoms with Crippen LogP contribution in [0.1, 0.15) is 47.0 Å². The predicted octanol–water partition coefficient (Wildman–Crippen LogP) is 2.61. The van der Waals surface area contributed by atoms with Crippen LogP contribution >= 0.6 is 0 Å². The largest absolute Gasteiger partial charge is 0.342 e. The van der Waals surface area contributed by atoms with Crippen LogP contribution in [0.4, 0.5) is 0 Å². The van der Waals surface area contributed by atoms with E-state index in [4.69, 9.17) is 0 Å². The van der Waals surface area contributed by atoms with Gasteiger partial charge in [-0.05, 0) is 37.1 Å². The van der Waals surface area contributed by atoms with Crippen molar-refractivity contribution in [2.24, 2.45) is 17.3 Å². The molecular formula is C16H30N2O. The number of amides is 1. The van der Waals surface area contributed by atoms with Gasteiger partial charge in [0.2, 0.25) is 5.91 Å². The zero-order chi connectivity index (χ0) is 14.0. The van der Waals surface area contributed by atoms with Gasteiger partial charge in [-0.2, -0.15) is 0 Å². The van der Waals surface area contributed by atoms with Crippen molar-refractivity contribution in [3.63, 3.8) is 0 Å². The van der Waals surface area contributed by atoms with Gasteiger partial charge in [0, 0.05) is 32.1 Å². The zero-order valence-corrected chi connectivity index (χ0v) is 13.1. The highest BCUT2D eigenvalue weighted by molar-refractivity contribution is 5.78. The molecule has 0 bridgehead atoms. The van der Waals surface area contributed by atoms with Gasteiger partial charge in [-0.25, -0.2) is 0 Å². The number of likely N-dealkylation sites (tertiary alicyclic amines) is 2. The van der Waals surface area contributed by atoms with Gasteiger partial charge < -0.3 is 9.80 Å². The monoisotopic (exact) mass is 266 g/mol. The first-order valence-corrected chi connectivity index (χ1v) is 7.93. The van der Waals surface area contributed by atoms with Crippen molar-refractivity contribution in [2.75, 3.05) is 32.7 Å². The van der Waals surface area contributed by atoms with Crippen molar-refractivity contribution in [3.05, 3.63) is 0 Å². The van der Waals surface area contributed by atoms with Crippen LogP contribution in [0.2, 0.25) is 0 Å². The molecule has 2 fully saturated rings. The molecule has 2 aliphatic rings. The van der Waals surface area contributed by atoms with Gasteiger partial charge in [0.25, 0.3) is 0 Å². The highest BCUT2D eigenvalue weighted by Gasteiger charge is 2.41. The molecule has 0 aromatic carbocycles. The molecule has 0 unspecified atom stereocenters. The van der Waals surface area contributed by atoms with Crippen molar-refractivity contribution in [1.29, 1.82) is 0 Å². The smallest absolute Gasteiger partial charge is 0.225 e. The third-order valence-electron chi connectivity index (χ3n) is 4.77. The van der Waals surface area contributed by atoms with Gasteiger partial charge in [0.05, 0.1) is 0 Å². The average molecular weight is 266 g/mol. The number of carbonyl (C=O) groups is 1. The van der Waals surface area contributed by atoms with E-state index in [1.54, 1.807) is 0 Å². The lowest BCUT2D eigenvalue weighted by Crippen LogP contribution is -2.45. The summed E-state index contributed by atoms with van der Waals surface area (Å²) in [5.74, 6) is 1.25. The van der Waals surface area contributed by atoms with Crippen molar-refractivity contribution >= 4 is 5.91 Å². The molecule has 0 saturated carbocycles. The van der Waals surface area contributed by atoms with Crippen LogP contribution in [-0.4, -0.2) is 48.4 Å². The van der Waals surface area contributed by atoms with Gasteiger partial charge >= 0.3 is 0 Å². The van der Waals surface area contributed by atoms with E-state index in [1.165, 1.54) is 38.9 Å². The highest BCUT2D eigenvalue weighted by Crippen LogP contribution is 2.40. The maximum absolute atomic E-state index is 12.0. The molecule has 19 heavy (non-hydrogen) atoms. The molecule has 3 nitrogen and oxygen atoms in total. The summed E-state index contributed by atoms with van der Waals surface area (Å²) in [7, 11) is 0. The number of hydrogen-bond donors (Lipinski definition) is 0. The Hall–Kier alpha value is -0.570. The van der Waals surface area contributed by atoms with E-state index < -0.39 is 0 Å². The number of rotatable bonds is 3. The average Bonchev–Trinajstić information content (AvgIpc) is 2.71. The molecule has 2 saturated heterocycles. The van der Waals surface area contributed by atoms with E-state index in [2.05, 4.69) is 23.6 Å². The molecule has 2 aliphatic heterocycles. The summed E-state index contributed by atoms with van der Waals surface area (Å²) in [5, 5.41) is 0. The van der Waals surface area contributed by atoms with Gasteiger partial charge in [0.1, 0.15) is 0 Å². The number of piperidine rings is 1. The van der Waals surface area contributed by atoms with E-state index in [0.717, 1.165) is 19.0 Å². The molecule has 3 heteroatoms. The lowest BCUT2D eigenvalue weighted by atomic mass is 9.77. The summed E-state index contributed by atoms with van der Waals surface area (Å²) in [6, 6.07) is 0. The third kappa shape index (κ3) is 3.50. The number of hydrogen-bond acceptors (Lipinski definition) is 2. The van der Waals surface area contributed by atoms with Crippen molar-refractivity contribution in [3.8, 4) is 0 Å². The van der Waals surface area contributed by atoms with Crippen LogP contribution in [0.5, 0.6) is 0 Å². The van der Waals surface area contributed by atoms with E-state index in [-0.39, 0.29) is 5.92 Å². The lowest BCUT2D eigenvalue weighted by molar-refractivity contribution is -0.136. The summed E-state index contributed by atoms with van der Waals surface area (Å²) >= 11 is 0. The first kappa shape index (κ1) is 14.8. The summed E-state index contributed by atoms with van der Waals surface area (Å²) in [6.45, 7) is 14.3. The molecule has 0 radical (unpaired) electrons. The Bertz CT molecular complexity index is 317. The Labute approximate surface area is 118 Å². The summed E-state index contributed by atoms with van der Waals surface area (Å²) in [4.78, 5) is 16.7. The van der Waals surface area contributed by atoms with Gasteiger partial charge in [-0.15, -0.1) is 0 Å². The molecular weight excluding hydrogens is 236 g/mol. The first-order valence-electron chi connectivity index (χ1n) is 7.93. The minimum Gasteiger partial charge on any atom is -0.342 e. The number of nitrogens with zero attached hydrogens (tertiary/aromatic N) is 2. The van der Waals surface area contributed by atoms with Crippen LogP contribution in [0.15, 0.2) is 0 Å². The Morgan fingerprint density at radius 1 is 1.05 bits per heavy atom.